The van der Waals surface area contributed by atoms with Crippen LogP contribution in [0.3, 0.4) is 0 Å². The van der Waals surface area contributed by atoms with E-state index in [1.165, 1.54) is 19.3 Å². The van der Waals surface area contributed by atoms with E-state index in [4.69, 9.17) is 0 Å². The van der Waals surface area contributed by atoms with Gasteiger partial charge in [0.25, 0.3) is 0 Å². The summed E-state index contributed by atoms with van der Waals surface area (Å²) in [4.78, 5) is 14.0. The van der Waals surface area contributed by atoms with Crippen LogP contribution in [0.2, 0.25) is 0 Å². The Labute approximate surface area is 130 Å². The van der Waals surface area contributed by atoms with Gasteiger partial charge in [0, 0.05) is 6.54 Å². The second kappa shape index (κ2) is 7.59. The molecule has 2 atom stereocenters. The van der Waals surface area contributed by atoms with E-state index in [2.05, 4.69) is 37.9 Å². The molecule has 1 aliphatic rings. The van der Waals surface area contributed by atoms with Gasteiger partial charge < -0.3 is 15.3 Å². The number of hydrogen-bond acceptors (Lipinski definition) is 3. The van der Waals surface area contributed by atoms with Crippen LogP contribution in [0, 0.1) is 11.3 Å². The van der Waals surface area contributed by atoms with Gasteiger partial charge in [-0.15, -0.1) is 0 Å². The first-order valence-electron chi connectivity index (χ1n) is 8.40. The summed E-state index contributed by atoms with van der Waals surface area (Å²) in [6, 6.07) is 0. The number of nitrogens with one attached hydrogen (secondary N) is 1. The van der Waals surface area contributed by atoms with Gasteiger partial charge in [0.2, 0.25) is 0 Å². The molecule has 1 heterocycles. The zero-order valence-electron chi connectivity index (χ0n) is 14.5. The van der Waals surface area contributed by atoms with Gasteiger partial charge in [0.05, 0.1) is 0 Å². The molecule has 2 unspecified atom stereocenters. The molecule has 0 saturated carbocycles. The summed E-state index contributed by atoms with van der Waals surface area (Å²) < 4.78 is 0. The van der Waals surface area contributed by atoms with E-state index in [0.717, 1.165) is 32.0 Å². The third-order valence-electron chi connectivity index (χ3n) is 4.82. The van der Waals surface area contributed by atoms with E-state index >= 15 is 0 Å². The van der Waals surface area contributed by atoms with Crippen LogP contribution in [-0.4, -0.2) is 47.7 Å². The SMILES string of the molecule is CCCNC(C)(CN1CCCC(C(C)(C)C)CC1)C(=O)O. The Hall–Kier alpha value is -0.610. The lowest BCUT2D eigenvalue weighted by Gasteiger charge is -2.33. The summed E-state index contributed by atoms with van der Waals surface area (Å²) >= 11 is 0. The predicted octanol–water partition coefficient (Wildman–Crippen LogP) is 2.98. The van der Waals surface area contributed by atoms with Gasteiger partial charge in [-0.1, -0.05) is 27.7 Å². The monoisotopic (exact) mass is 298 g/mol. The second-order valence-electron chi connectivity index (χ2n) is 7.83. The highest BCUT2D eigenvalue weighted by molar-refractivity contribution is 5.78. The lowest BCUT2D eigenvalue weighted by molar-refractivity contribution is -0.145. The Morgan fingerprint density at radius 3 is 2.43 bits per heavy atom. The minimum Gasteiger partial charge on any atom is -0.480 e. The molecule has 124 valence electrons. The van der Waals surface area contributed by atoms with Crippen LogP contribution in [0.25, 0.3) is 0 Å². The van der Waals surface area contributed by atoms with Gasteiger partial charge in [-0.2, -0.15) is 0 Å². The molecule has 0 aromatic heterocycles. The normalized spacial score (nSPS) is 24.3. The molecule has 2 N–H and O–H groups in total. The van der Waals surface area contributed by atoms with Gasteiger partial charge in [0.15, 0.2) is 0 Å². The standard InChI is InChI=1S/C17H34N2O2/c1-6-10-18-17(5,15(20)21)13-19-11-7-8-14(9-12-19)16(2,3)4/h14,18H,6-13H2,1-5H3,(H,20,21). The summed E-state index contributed by atoms with van der Waals surface area (Å²) in [7, 11) is 0. The summed E-state index contributed by atoms with van der Waals surface area (Å²) in [6.07, 6.45) is 4.56. The van der Waals surface area contributed by atoms with Crippen molar-refractivity contribution in [2.24, 2.45) is 11.3 Å². The Kier molecular flexibility index (Phi) is 6.67. The number of carboxylic acid groups (broad SMARTS) is 1. The Balaban J connectivity index is 2.63. The van der Waals surface area contributed by atoms with Crippen molar-refractivity contribution in [1.29, 1.82) is 0 Å². The molecule has 21 heavy (non-hydrogen) atoms. The molecule has 1 saturated heterocycles. The molecule has 4 nitrogen and oxygen atoms in total. The molecule has 1 aliphatic heterocycles. The van der Waals surface area contributed by atoms with Crippen molar-refractivity contribution in [2.75, 3.05) is 26.2 Å². The summed E-state index contributed by atoms with van der Waals surface area (Å²) in [5.74, 6) is -0.00486. The van der Waals surface area contributed by atoms with E-state index in [1.54, 1.807) is 0 Å². The number of aliphatic carboxylic acids is 1. The topological polar surface area (TPSA) is 52.6 Å². The van der Waals surface area contributed by atoms with Crippen LogP contribution >= 0.6 is 0 Å². The van der Waals surface area contributed by atoms with E-state index in [9.17, 15) is 9.90 Å². The van der Waals surface area contributed by atoms with Crippen molar-refractivity contribution in [2.45, 2.75) is 65.8 Å². The summed E-state index contributed by atoms with van der Waals surface area (Å²) in [6.45, 7) is 14.2. The van der Waals surface area contributed by atoms with Crippen LogP contribution in [0.15, 0.2) is 0 Å². The molecular formula is C17H34N2O2. The van der Waals surface area contributed by atoms with Crippen LogP contribution < -0.4 is 5.32 Å². The number of nitrogens with zero attached hydrogens (tertiary/aromatic N) is 1. The molecule has 4 heteroatoms. The van der Waals surface area contributed by atoms with Crippen LogP contribution in [0.5, 0.6) is 0 Å². The first-order chi connectivity index (χ1) is 9.69. The Morgan fingerprint density at radius 2 is 1.90 bits per heavy atom. The quantitative estimate of drug-likeness (QED) is 0.791. The van der Waals surface area contributed by atoms with E-state index < -0.39 is 11.5 Å². The average Bonchev–Trinajstić information content (AvgIpc) is 2.61. The molecule has 1 fully saturated rings. The molecule has 0 aromatic rings. The highest BCUT2D eigenvalue weighted by atomic mass is 16.4. The van der Waals surface area contributed by atoms with Crippen LogP contribution in [0.1, 0.15) is 60.3 Å². The fraction of sp³-hybridized carbons (Fsp3) is 0.941. The minimum atomic E-state index is -0.836. The maximum Gasteiger partial charge on any atom is 0.324 e. The number of carbonyl (C=O) groups is 1. The maximum absolute atomic E-state index is 11.6. The Morgan fingerprint density at radius 1 is 1.24 bits per heavy atom. The second-order valence-corrected chi connectivity index (χ2v) is 7.83. The predicted molar refractivity (Wildman–Crippen MR) is 87.6 cm³/mol. The van der Waals surface area contributed by atoms with E-state index in [1.807, 2.05) is 6.92 Å². The number of likely N-dealkylation sites (tertiary alicyclic amines) is 1. The van der Waals surface area contributed by atoms with Crippen LogP contribution in [-0.2, 0) is 4.79 Å². The molecule has 1 rings (SSSR count). The number of hydrogen-bond donors (Lipinski definition) is 2. The van der Waals surface area contributed by atoms with Gasteiger partial charge in [-0.3, -0.25) is 4.79 Å². The van der Waals surface area contributed by atoms with Crippen molar-refractivity contribution in [3.8, 4) is 0 Å². The fourth-order valence-electron chi connectivity index (χ4n) is 3.23. The maximum atomic E-state index is 11.6. The van der Waals surface area contributed by atoms with Crippen molar-refractivity contribution in [3.05, 3.63) is 0 Å². The molecular weight excluding hydrogens is 264 g/mol. The molecule has 0 spiro atoms. The van der Waals surface area contributed by atoms with E-state index in [0.29, 0.717) is 12.0 Å². The fourth-order valence-corrected chi connectivity index (χ4v) is 3.23. The van der Waals surface area contributed by atoms with Crippen molar-refractivity contribution < 1.29 is 9.90 Å². The summed E-state index contributed by atoms with van der Waals surface area (Å²) in [5, 5.41) is 12.8. The first kappa shape index (κ1) is 18.4. The molecule has 0 radical (unpaired) electrons. The van der Waals surface area contributed by atoms with Gasteiger partial charge in [-0.05, 0) is 63.6 Å². The average molecular weight is 298 g/mol. The zero-order chi connectivity index (χ0) is 16.1. The van der Waals surface area contributed by atoms with Gasteiger partial charge >= 0.3 is 5.97 Å². The lowest BCUT2D eigenvalue weighted by Crippen LogP contribution is -2.57. The minimum absolute atomic E-state index is 0.354. The zero-order valence-corrected chi connectivity index (χ0v) is 14.5. The first-order valence-corrected chi connectivity index (χ1v) is 8.40. The molecule has 0 aromatic carbocycles. The largest absolute Gasteiger partial charge is 0.480 e. The molecule has 0 amide bonds. The van der Waals surface area contributed by atoms with E-state index in [-0.39, 0.29) is 0 Å². The van der Waals surface area contributed by atoms with Crippen LogP contribution in [0.4, 0.5) is 0 Å². The van der Waals surface area contributed by atoms with Crippen molar-refractivity contribution in [3.63, 3.8) is 0 Å². The van der Waals surface area contributed by atoms with Crippen molar-refractivity contribution >= 4 is 5.97 Å². The molecule has 0 bridgehead atoms. The smallest absolute Gasteiger partial charge is 0.324 e. The highest BCUT2D eigenvalue weighted by Crippen LogP contribution is 2.34. The summed E-state index contributed by atoms with van der Waals surface area (Å²) in [5.41, 5.74) is -0.482. The lowest BCUT2D eigenvalue weighted by atomic mass is 9.77. The highest BCUT2D eigenvalue weighted by Gasteiger charge is 2.35. The third kappa shape index (κ3) is 5.59. The molecule has 0 aliphatic carbocycles. The number of carboxylic acids is 1. The Bertz CT molecular complexity index is 338. The van der Waals surface area contributed by atoms with Gasteiger partial charge in [-0.25, -0.2) is 0 Å². The van der Waals surface area contributed by atoms with Crippen molar-refractivity contribution in [1.82, 2.24) is 10.2 Å². The van der Waals surface area contributed by atoms with Gasteiger partial charge in [0.1, 0.15) is 5.54 Å². The number of rotatable bonds is 6. The third-order valence-corrected chi connectivity index (χ3v) is 4.82.